The summed E-state index contributed by atoms with van der Waals surface area (Å²) in [5.74, 6) is 1.75. The van der Waals surface area contributed by atoms with Crippen LogP contribution in [-0.2, 0) is 6.54 Å². The van der Waals surface area contributed by atoms with Gasteiger partial charge in [0.1, 0.15) is 12.4 Å². The fraction of sp³-hybridized carbons (Fsp3) is 0.364. The highest BCUT2D eigenvalue weighted by Crippen LogP contribution is 2.22. The van der Waals surface area contributed by atoms with Crippen LogP contribution in [0, 0.1) is 5.92 Å². The summed E-state index contributed by atoms with van der Waals surface area (Å²) in [6.07, 6.45) is 7.13. The second-order valence-electron chi connectivity index (χ2n) is 7.03. The first kappa shape index (κ1) is 16.2. The summed E-state index contributed by atoms with van der Waals surface area (Å²) < 4.78 is 8.20. The number of hydrogen-bond acceptors (Lipinski definition) is 2. The molecule has 2 aromatic carbocycles. The van der Waals surface area contributed by atoms with Crippen LogP contribution in [0.25, 0.3) is 10.8 Å². The Morgan fingerprint density at radius 1 is 0.840 bits per heavy atom. The second-order valence-corrected chi connectivity index (χ2v) is 7.03. The molecule has 0 amide bonds. The molecule has 4 rings (SSSR count). The molecule has 1 saturated heterocycles. The van der Waals surface area contributed by atoms with Gasteiger partial charge in [-0.05, 0) is 54.8 Å². The molecule has 1 aliphatic rings. The van der Waals surface area contributed by atoms with Gasteiger partial charge in [0.25, 0.3) is 0 Å². The molecule has 0 unspecified atom stereocenters. The summed E-state index contributed by atoms with van der Waals surface area (Å²) in [5.41, 5.74) is 0. The number of likely N-dealkylation sites (tertiary alicyclic amines) is 1. The molecule has 1 fully saturated rings. The maximum atomic E-state index is 5.82. The van der Waals surface area contributed by atoms with Crippen molar-refractivity contribution in [1.82, 2.24) is 9.47 Å². The average molecular weight is 334 g/mol. The van der Waals surface area contributed by atoms with E-state index in [2.05, 4.69) is 46.1 Å². The summed E-state index contributed by atoms with van der Waals surface area (Å²) in [6, 6.07) is 18.7. The molecule has 3 heteroatoms. The van der Waals surface area contributed by atoms with Crippen LogP contribution in [0.1, 0.15) is 12.8 Å². The van der Waals surface area contributed by atoms with Gasteiger partial charge in [0, 0.05) is 25.5 Å². The van der Waals surface area contributed by atoms with Gasteiger partial charge < -0.3 is 9.30 Å². The highest BCUT2D eigenvalue weighted by atomic mass is 16.5. The number of para-hydroxylation sites is 1. The van der Waals surface area contributed by atoms with Crippen molar-refractivity contribution in [1.29, 1.82) is 0 Å². The Kier molecular flexibility index (Phi) is 5.03. The number of ether oxygens (including phenoxy) is 1. The molecule has 3 aromatic rings. The lowest BCUT2D eigenvalue weighted by atomic mass is 9.97. The lowest BCUT2D eigenvalue weighted by Gasteiger charge is -2.32. The molecular formula is C22H26N2O. The molecule has 0 aliphatic carbocycles. The Labute approximate surface area is 149 Å². The lowest BCUT2D eigenvalue weighted by Crippen LogP contribution is -2.37. The fourth-order valence-electron chi connectivity index (χ4n) is 3.75. The Balaban J connectivity index is 1.21. The molecule has 2 heterocycles. The summed E-state index contributed by atoms with van der Waals surface area (Å²) in [6.45, 7) is 5.31. The van der Waals surface area contributed by atoms with Crippen LogP contribution in [-0.4, -0.2) is 35.7 Å². The molecule has 3 nitrogen and oxygen atoms in total. The van der Waals surface area contributed by atoms with Gasteiger partial charge in [0.2, 0.25) is 0 Å². The molecule has 130 valence electrons. The molecular weight excluding hydrogens is 308 g/mol. The first-order valence-electron chi connectivity index (χ1n) is 9.31. The normalized spacial score (nSPS) is 16.3. The zero-order valence-corrected chi connectivity index (χ0v) is 14.7. The van der Waals surface area contributed by atoms with Crippen molar-refractivity contribution in [3.63, 3.8) is 0 Å². The van der Waals surface area contributed by atoms with Crippen LogP contribution in [0.3, 0.4) is 0 Å². The van der Waals surface area contributed by atoms with Crippen LogP contribution < -0.4 is 4.74 Å². The molecule has 0 radical (unpaired) electrons. The van der Waals surface area contributed by atoms with E-state index in [0.717, 1.165) is 31.4 Å². The smallest absolute Gasteiger partial charge is 0.119 e. The third-order valence-electron chi connectivity index (χ3n) is 5.20. The molecule has 0 N–H and O–H groups in total. The summed E-state index contributed by atoms with van der Waals surface area (Å²) >= 11 is 0. The van der Waals surface area contributed by atoms with Crippen LogP contribution >= 0.6 is 0 Å². The van der Waals surface area contributed by atoms with Crippen molar-refractivity contribution in [3.8, 4) is 5.75 Å². The monoisotopic (exact) mass is 334 g/mol. The summed E-state index contributed by atoms with van der Waals surface area (Å²) in [4.78, 5) is 2.53. The van der Waals surface area contributed by atoms with Gasteiger partial charge in [0.05, 0.1) is 0 Å². The van der Waals surface area contributed by atoms with Crippen LogP contribution in [0.5, 0.6) is 5.75 Å². The Morgan fingerprint density at radius 2 is 1.48 bits per heavy atom. The summed E-state index contributed by atoms with van der Waals surface area (Å²) in [7, 11) is 0. The lowest BCUT2D eigenvalue weighted by molar-refractivity contribution is 0.148. The van der Waals surface area contributed by atoms with Crippen LogP contribution in [0.2, 0.25) is 0 Å². The Morgan fingerprint density at radius 3 is 2.16 bits per heavy atom. The highest BCUT2D eigenvalue weighted by Gasteiger charge is 2.19. The Bertz CT molecular complexity index is 755. The largest absolute Gasteiger partial charge is 0.492 e. The number of benzene rings is 2. The van der Waals surface area contributed by atoms with E-state index in [4.69, 9.17) is 4.74 Å². The molecule has 0 spiro atoms. The van der Waals surface area contributed by atoms with E-state index in [1.165, 1.54) is 36.7 Å². The third kappa shape index (κ3) is 4.23. The van der Waals surface area contributed by atoms with Crippen molar-refractivity contribution < 1.29 is 4.74 Å². The van der Waals surface area contributed by atoms with E-state index in [-0.39, 0.29) is 0 Å². The minimum Gasteiger partial charge on any atom is -0.492 e. The molecule has 0 saturated carbocycles. The number of hydrogen-bond donors (Lipinski definition) is 0. The third-order valence-corrected chi connectivity index (χ3v) is 5.20. The number of fused-ring (bicyclic) bond motifs is 1. The molecule has 1 aliphatic heterocycles. The maximum absolute atomic E-state index is 5.82. The minimum atomic E-state index is 0.775. The van der Waals surface area contributed by atoms with Gasteiger partial charge in [-0.3, -0.25) is 4.90 Å². The van der Waals surface area contributed by atoms with Crippen molar-refractivity contribution >= 4 is 10.8 Å². The van der Waals surface area contributed by atoms with E-state index < -0.39 is 0 Å². The van der Waals surface area contributed by atoms with Crippen LogP contribution in [0.15, 0.2) is 67.0 Å². The topological polar surface area (TPSA) is 17.4 Å². The van der Waals surface area contributed by atoms with Crippen molar-refractivity contribution in [2.24, 2.45) is 5.92 Å². The molecule has 1 aromatic heterocycles. The van der Waals surface area contributed by atoms with E-state index in [0.29, 0.717) is 0 Å². The van der Waals surface area contributed by atoms with Crippen molar-refractivity contribution in [3.05, 3.63) is 67.0 Å². The summed E-state index contributed by atoms with van der Waals surface area (Å²) in [5, 5.41) is 2.69. The quantitative estimate of drug-likeness (QED) is 0.663. The zero-order chi connectivity index (χ0) is 16.9. The first-order valence-corrected chi connectivity index (χ1v) is 9.31. The standard InChI is InChI=1S/C22H26N2O/c1-2-8-22(9-3-1)25-15-14-23-12-10-19(11-13-23)16-24-17-20-6-4-5-7-21(20)18-24/h1-9,17-19H,10-16H2. The van der Waals surface area contributed by atoms with Crippen molar-refractivity contribution in [2.45, 2.75) is 19.4 Å². The van der Waals surface area contributed by atoms with Crippen molar-refractivity contribution in [2.75, 3.05) is 26.2 Å². The van der Waals surface area contributed by atoms with E-state index in [9.17, 15) is 0 Å². The molecule has 0 atom stereocenters. The van der Waals surface area contributed by atoms with Gasteiger partial charge >= 0.3 is 0 Å². The number of rotatable bonds is 6. The van der Waals surface area contributed by atoms with E-state index >= 15 is 0 Å². The highest BCUT2D eigenvalue weighted by molar-refractivity contribution is 5.82. The van der Waals surface area contributed by atoms with Gasteiger partial charge in [0.15, 0.2) is 0 Å². The van der Waals surface area contributed by atoms with Crippen LogP contribution in [0.4, 0.5) is 0 Å². The predicted octanol–water partition coefficient (Wildman–Crippen LogP) is 4.43. The number of aromatic nitrogens is 1. The fourth-order valence-corrected chi connectivity index (χ4v) is 3.75. The SMILES string of the molecule is c1ccc(OCCN2CCC(Cn3cc4ccccc4c3)CC2)cc1. The average Bonchev–Trinajstić information content (AvgIpc) is 3.06. The molecule has 25 heavy (non-hydrogen) atoms. The molecule has 0 bridgehead atoms. The van der Waals surface area contributed by atoms with Gasteiger partial charge in [-0.1, -0.05) is 42.5 Å². The minimum absolute atomic E-state index is 0.775. The second kappa shape index (κ2) is 7.75. The van der Waals surface area contributed by atoms with Gasteiger partial charge in [-0.2, -0.15) is 0 Å². The number of piperidine rings is 1. The Hall–Kier alpha value is -2.26. The first-order chi connectivity index (χ1) is 12.4. The predicted molar refractivity (Wildman–Crippen MR) is 103 cm³/mol. The van der Waals surface area contributed by atoms with E-state index in [1.807, 2.05) is 30.3 Å². The van der Waals surface area contributed by atoms with Gasteiger partial charge in [-0.25, -0.2) is 0 Å². The zero-order valence-electron chi connectivity index (χ0n) is 14.7. The maximum Gasteiger partial charge on any atom is 0.119 e. The van der Waals surface area contributed by atoms with Gasteiger partial charge in [-0.15, -0.1) is 0 Å². The number of nitrogens with zero attached hydrogens (tertiary/aromatic N) is 2. The van der Waals surface area contributed by atoms with E-state index in [1.54, 1.807) is 0 Å².